The van der Waals surface area contributed by atoms with Gasteiger partial charge in [-0.3, -0.25) is 4.79 Å². The molecule has 5 nitrogen and oxygen atoms in total. The first kappa shape index (κ1) is 16.5. The maximum absolute atomic E-state index is 12.5. The SMILES string of the molecule is O=C(O)N1CCN(C(=O)c2ccc(-c3ccc(Br)cc3)cc2)CC1. The molecule has 1 aliphatic rings. The van der Waals surface area contributed by atoms with E-state index < -0.39 is 6.09 Å². The second kappa shape index (κ2) is 7.05. The van der Waals surface area contributed by atoms with Gasteiger partial charge in [0.2, 0.25) is 0 Å². The molecule has 1 N–H and O–H groups in total. The van der Waals surface area contributed by atoms with Gasteiger partial charge in [-0.2, -0.15) is 0 Å². The Morgan fingerprint density at radius 3 is 1.75 bits per heavy atom. The number of carbonyl (C=O) groups excluding carboxylic acids is 1. The highest BCUT2D eigenvalue weighted by Crippen LogP contribution is 2.22. The highest BCUT2D eigenvalue weighted by molar-refractivity contribution is 9.10. The summed E-state index contributed by atoms with van der Waals surface area (Å²) in [5, 5.41) is 8.96. The van der Waals surface area contributed by atoms with Gasteiger partial charge in [0.15, 0.2) is 0 Å². The van der Waals surface area contributed by atoms with Crippen LogP contribution in [-0.2, 0) is 0 Å². The van der Waals surface area contributed by atoms with Crippen LogP contribution in [-0.4, -0.2) is 53.1 Å². The van der Waals surface area contributed by atoms with E-state index in [2.05, 4.69) is 15.9 Å². The standard InChI is InChI=1S/C18H17BrN2O3/c19-16-7-5-14(6-8-16)13-1-3-15(4-2-13)17(22)20-9-11-21(12-10-20)18(23)24/h1-8H,9-12H2,(H,23,24). The topological polar surface area (TPSA) is 60.9 Å². The number of amides is 2. The van der Waals surface area contributed by atoms with Crippen LogP contribution in [0.3, 0.4) is 0 Å². The fourth-order valence-corrected chi connectivity index (χ4v) is 3.00. The minimum atomic E-state index is -0.930. The summed E-state index contributed by atoms with van der Waals surface area (Å²) >= 11 is 3.42. The van der Waals surface area contributed by atoms with Gasteiger partial charge >= 0.3 is 6.09 Å². The lowest BCUT2D eigenvalue weighted by atomic mass is 10.0. The number of halogens is 1. The molecule has 2 aromatic rings. The van der Waals surface area contributed by atoms with Crippen LogP contribution in [0, 0.1) is 0 Å². The van der Waals surface area contributed by atoms with E-state index in [0.29, 0.717) is 31.7 Å². The molecule has 0 bridgehead atoms. The molecule has 1 heterocycles. The largest absolute Gasteiger partial charge is 0.465 e. The third kappa shape index (κ3) is 3.59. The predicted molar refractivity (Wildman–Crippen MR) is 95.1 cm³/mol. The summed E-state index contributed by atoms with van der Waals surface area (Å²) in [7, 11) is 0. The Labute approximate surface area is 148 Å². The molecule has 2 aromatic carbocycles. The van der Waals surface area contributed by atoms with E-state index in [4.69, 9.17) is 5.11 Å². The van der Waals surface area contributed by atoms with Crippen LogP contribution in [0.4, 0.5) is 4.79 Å². The molecule has 124 valence electrons. The quantitative estimate of drug-likeness (QED) is 0.855. The minimum Gasteiger partial charge on any atom is -0.465 e. The predicted octanol–water partition coefficient (Wildman–Crippen LogP) is 3.55. The van der Waals surface area contributed by atoms with Crippen molar-refractivity contribution >= 4 is 27.9 Å². The summed E-state index contributed by atoms with van der Waals surface area (Å²) in [6.07, 6.45) is -0.930. The van der Waals surface area contributed by atoms with Crippen LogP contribution in [0.15, 0.2) is 53.0 Å². The zero-order chi connectivity index (χ0) is 17.1. The van der Waals surface area contributed by atoms with E-state index in [0.717, 1.165) is 15.6 Å². The van der Waals surface area contributed by atoms with Crippen molar-refractivity contribution in [2.24, 2.45) is 0 Å². The van der Waals surface area contributed by atoms with Crippen LogP contribution in [0.2, 0.25) is 0 Å². The number of carboxylic acid groups (broad SMARTS) is 1. The fourth-order valence-electron chi connectivity index (χ4n) is 2.73. The van der Waals surface area contributed by atoms with E-state index in [-0.39, 0.29) is 5.91 Å². The molecule has 2 amide bonds. The lowest BCUT2D eigenvalue weighted by Crippen LogP contribution is -2.50. The Hall–Kier alpha value is -2.34. The van der Waals surface area contributed by atoms with Gasteiger partial charge in [-0.25, -0.2) is 4.79 Å². The molecule has 0 aromatic heterocycles. The second-order valence-electron chi connectivity index (χ2n) is 5.65. The zero-order valence-corrected chi connectivity index (χ0v) is 14.6. The van der Waals surface area contributed by atoms with Crippen LogP contribution in [0.1, 0.15) is 10.4 Å². The summed E-state index contributed by atoms with van der Waals surface area (Å²) < 4.78 is 1.03. The molecule has 1 aliphatic heterocycles. The van der Waals surface area contributed by atoms with Crippen LogP contribution < -0.4 is 0 Å². The summed E-state index contributed by atoms with van der Waals surface area (Å²) in [4.78, 5) is 26.5. The molecular weight excluding hydrogens is 372 g/mol. The summed E-state index contributed by atoms with van der Waals surface area (Å²) in [6, 6.07) is 15.5. The number of benzene rings is 2. The van der Waals surface area contributed by atoms with Crippen molar-refractivity contribution in [1.29, 1.82) is 0 Å². The number of hydrogen-bond acceptors (Lipinski definition) is 2. The first-order chi connectivity index (χ1) is 11.5. The third-order valence-electron chi connectivity index (χ3n) is 4.15. The Morgan fingerprint density at radius 1 is 0.792 bits per heavy atom. The van der Waals surface area contributed by atoms with Crippen molar-refractivity contribution < 1.29 is 14.7 Å². The van der Waals surface area contributed by atoms with Crippen molar-refractivity contribution in [2.45, 2.75) is 0 Å². The Balaban J connectivity index is 1.68. The Kier molecular flexibility index (Phi) is 4.85. The second-order valence-corrected chi connectivity index (χ2v) is 6.56. The molecule has 1 fully saturated rings. The van der Waals surface area contributed by atoms with Gasteiger partial charge in [0.05, 0.1) is 0 Å². The van der Waals surface area contributed by atoms with E-state index in [1.165, 1.54) is 4.90 Å². The molecule has 0 radical (unpaired) electrons. The first-order valence-corrected chi connectivity index (χ1v) is 8.47. The molecule has 3 rings (SSSR count). The molecule has 0 spiro atoms. The number of carbonyl (C=O) groups is 2. The van der Waals surface area contributed by atoms with Gasteiger partial charge in [-0.05, 0) is 35.4 Å². The highest BCUT2D eigenvalue weighted by Gasteiger charge is 2.24. The van der Waals surface area contributed by atoms with Crippen LogP contribution >= 0.6 is 15.9 Å². The minimum absolute atomic E-state index is 0.0533. The lowest BCUT2D eigenvalue weighted by Gasteiger charge is -2.33. The van der Waals surface area contributed by atoms with E-state index >= 15 is 0 Å². The summed E-state index contributed by atoms with van der Waals surface area (Å²) in [6.45, 7) is 1.58. The van der Waals surface area contributed by atoms with Gasteiger partial charge in [0.25, 0.3) is 5.91 Å². The molecule has 1 saturated heterocycles. The molecular formula is C18H17BrN2O3. The molecule has 24 heavy (non-hydrogen) atoms. The molecule has 0 atom stereocenters. The first-order valence-electron chi connectivity index (χ1n) is 7.68. The van der Waals surface area contributed by atoms with Crippen molar-refractivity contribution in [2.75, 3.05) is 26.2 Å². The van der Waals surface area contributed by atoms with Gasteiger partial charge in [-0.15, -0.1) is 0 Å². The monoisotopic (exact) mass is 388 g/mol. The smallest absolute Gasteiger partial charge is 0.407 e. The lowest BCUT2D eigenvalue weighted by molar-refractivity contribution is 0.0625. The van der Waals surface area contributed by atoms with Crippen molar-refractivity contribution in [3.8, 4) is 11.1 Å². The Morgan fingerprint density at radius 2 is 1.25 bits per heavy atom. The maximum Gasteiger partial charge on any atom is 0.407 e. The third-order valence-corrected chi connectivity index (χ3v) is 4.68. The molecule has 0 aliphatic carbocycles. The number of rotatable bonds is 2. The fraction of sp³-hybridized carbons (Fsp3) is 0.222. The average Bonchev–Trinajstić information content (AvgIpc) is 2.62. The maximum atomic E-state index is 12.5. The van der Waals surface area contributed by atoms with Crippen molar-refractivity contribution in [3.05, 3.63) is 58.6 Å². The van der Waals surface area contributed by atoms with Gasteiger partial charge in [0.1, 0.15) is 0 Å². The van der Waals surface area contributed by atoms with Crippen molar-refractivity contribution in [1.82, 2.24) is 9.80 Å². The van der Waals surface area contributed by atoms with Gasteiger partial charge < -0.3 is 14.9 Å². The molecule has 6 heteroatoms. The summed E-state index contributed by atoms with van der Waals surface area (Å²) in [5.41, 5.74) is 2.77. The molecule has 0 unspecified atom stereocenters. The van der Waals surface area contributed by atoms with Crippen LogP contribution in [0.5, 0.6) is 0 Å². The van der Waals surface area contributed by atoms with E-state index in [1.807, 2.05) is 48.5 Å². The van der Waals surface area contributed by atoms with E-state index in [9.17, 15) is 9.59 Å². The Bertz CT molecular complexity index is 736. The average molecular weight is 389 g/mol. The van der Waals surface area contributed by atoms with Gasteiger partial charge in [-0.1, -0.05) is 40.2 Å². The molecule has 0 saturated carbocycles. The van der Waals surface area contributed by atoms with E-state index in [1.54, 1.807) is 4.90 Å². The number of nitrogens with zero attached hydrogens (tertiary/aromatic N) is 2. The normalized spacial score (nSPS) is 14.5. The van der Waals surface area contributed by atoms with Gasteiger partial charge in [0, 0.05) is 36.2 Å². The van der Waals surface area contributed by atoms with Crippen LogP contribution in [0.25, 0.3) is 11.1 Å². The highest BCUT2D eigenvalue weighted by atomic mass is 79.9. The number of piperazine rings is 1. The summed E-state index contributed by atoms with van der Waals surface area (Å²) in [5.74, 6) is -0.0533. The number of hydrogen-bond donors (Lipinski definition) is 1. The zero-order valence-electron chi connectivity index (χ0n) is 13.0. The van der Waals surface area contributed by atoms with Crippen molar-refractivity contribution in [3.63, 3.8) is 0 Å².